The molecule has 0 unspecified atom stereocenters. The van der Waals surface area contributed by atoms with Gasteiger partial charge < -0.3 is 9.32 Å². The van der Waals surface area contributed by atoms with Crippen LogP contribution in [0.25, 0.3) is 22.1 Å². The van der Waals surface area contributed by atoms with E-state index < -0.39 is 21.9 Å². The van der Waals surface area contributed by atoms with Gasteiger partial charge in [0.05, 0.1) is 6.04 Å². The number of anilines is 1. The van der Waals surface area contributed by atoms with Crippen LogP contribution in [0.15, 0.2) is 76.4 Å². The van der Waals surface area contributed by atoms with Gasteiger partial charge in [-0.25, -0.2) is 17.8 Å². The minimum absolute atomic E-state index is 0.118. The standard InChI is InChI=1S/C28H28FN3O4S/c1-31(2)27-17-21(12-13-30-27)20-6-3-5-19(15-20)8-10-25(33)24-7-4-14-32(24)37(34,35)28-18-22-16-23(29)9-11-26(22)36-28/h3,5-6,9,11-13,15-18,24H,4,7-8,10,14H2,1-2H3/t24-/m0/s1. The molecular weight excluding hydrogens is 493 g/mol. The minimum Gasteiger partial charge on any atom is -0.443 e. The fraction of sp³-hybridized carbons (Fsp3) is 0.286. The number of nitrogens with zero attached hydrogens (tertiary/aromatic N) is 3. The van der Waals surface area contributed by atoms with Crippen molar-refractivity contribution in [3.63, 3.8) is 0 Å². The number of ketones is 1. The van der Waals surface area contributed by atoms with Gasteiger partial charge in [-0.15, -0.1) is 0 Å². The second kappa shape index (κ2) is 10.1. The van der Waals surface area contributed by atoms with Crippen LogP contribution in [0.3, 0.4) is 0 Å². The largest absolute Gasteiger partial charge is 0.443 e. The first kappa shape index (κ1) is 25.1. The number of aromatic nitrogens is 1. The molecule has 1 aliphatic rings. The van der Waals surface area contributed by atoms with Gasteiger partial charge in [0.2, 0.25) is 5.09 Å². The van der Waals surface area contributed by atoms with Crippen LogP contribution in [0, 0.1) is 5.82 Å². The second-order valence-corrected chi connectivity index (χ2v) is 11.3. The quantitative estimate of drug-likeness (QED) is 0.323. The zero-order valence-corrected chi connectivity index (χ0v) is 21.5. The SMILES string of the molecule is CN(C)c1cc(-c2cccc(CCC(=O)[C@@H]3CCCN3S(=O)(=O)c3cc4cc(F)ccc4o3)c2)ccn1. The average molecular weight is 522 g/mol. The van der Waals surface area contributed by atoms with Crippen LogP contribution in [-0.4, -0.2) is 50.2 Å². The van der Waals surface area contributed by atoms with Gasteiger partial charge in [-0.1, -0.05) is 24.3 Å². The van der Waals surface area contributed by atoms with Gasteiger partial charge in [0.25, 0.3) is 10.0 Å². The summed E-state index contributed by atoms with van der Waals surface area (Å²) >= 11 is 0. The van der Waals surface area contributed by atoms with Crippen LogP contribution in [0.2, 0.25) is 0 Å². The van der Waals surface area contributed by atoms with Crippen molar-refractivity contribution in [2.45, 2.75) is 36.8 Å². The van der Waals surface area contributed by atoms with E-state index in [0.29, 0.717) is 24.6 Å². The summed E-state index contributed by atoms with van der Waals surface area (Å²) in [4.78, 5) is 19.5. The molecule has 0 aliphatic carbocycles. The topological polar surface area (TPSA) is 83.7 Å². The number of fused-ring (bicyclic) bond motifs is 1. The Bertz CT molecular complexity index is 1560. The van der Waals surface area contributed by atoms with Crippen LogP contribution in [0.5, 0.6) is 0 Å². The van der Waals surface area contributed by atoms with Crippen molar-refractivity contribution in [3.05, 3.63) is 78.2 Å². The monoisotopic (exact) mass is 521 g/mol. The summed E-state index contributed by atoms with van der Waals surface area (Å²) in [7, 11) is -0.153. The first-order chi connectivity index (χ1) is 17.7. The van der Waals surface area contributed by atoms with E-state index in [1.807, 2.05) is 49.3 Å². The Hall–Kier alpha value is -3.56. The molecule has 0 saturated carbocycles. The first-order valence-corrected chi connectivity index (χ1v) is 13.6. The van der Waals surface area contributed by atoms with Crippen molar-refractivity contribution in [3.8, 4) is 11.1 Å². The highest BCUT2D eigenvalue weighted by Crippen LogP contribution is 2.31. The Morgan fingerprint density at radius 1 is 1.11 bits per heavy atom. The highest BCUT2D eigenvalue weighted by Gasteiger charge is 2.40. The summed E-state index contributed by atoms with van der Waals surface area (Å²) in [6.45, 7) is 0.246. The lowest BCUT2D eigenvalue weighted by Crippen LogP contribution is -2.40. The lowest BCUT2D eigenvalue weighted by Gasteiger charge is -2.21. The summed E-state index contributed by atoms with van der Waals surface area (Å²) in [6, 6.07) is 16.4. The highest BCUT2D eigenvalue weighted by atomic mass is 32.2. The number of aryl methyl sites for hydroxylation is 1. The Kier molecular flexibility index (Phi) is 6.83. The molecule has 2 aromatic carbocycles. The molecule has 4 aromatic rings. The Balaban J connectivity index is 1.30. The third-order valence-electron chi connectivity index (χ3n) is 6.72. The molecular formula is C28H28FN3O4S. The van der Waals surface area contributed by atoms with Crippen molar-refractivity contribution in [1.82, 2.24) is 9.29 Å². The van der Waals surface area contributed by atoms with Crippen LogP contribution >= 0.6 is 0 Å². The van der Waals surface area contributed by atoms with Crippen molar-refractivity contribution in [2.24, 2.45) is 0 Å². The maximum absolute atomic E-state index is 13.6. The number of furan rings is 1. The van der Waals surface area contributed by atoms with Gasteiger partial charge in [0, 0.05) is 44.7 Å². The fourth-order valence-electron chi connectivity index (χ4n) is 4.77. The van der Waals surface area contributed by atoms with E-state index >= 15 is 0 Å². The van der Waals surface area contributed by atoms with E-state index in [-0.39, 0.29) is 29.4 Å². The number of carbonyl (C=O) groups is 1. The lowest BCUT2D eigenvalue weighted by atomic mass is 9.99. The summed E-state index contributed by atoms with van der Waals surface area (Å²) in [5.74, 6) is 0.264. The summed E-state index contributed by atoms with van der Waals surface area (Å²) < 4.78 is 47.0. The molecule has 1 saturated heterocycles. The third-order valence-corrected chi connectivity index (χ3v) is 8.48. The number of benzene rings is 2. The van der Waals surface area contributed by atoms with Gasteiger partial charge in [0.15, 0.2) is 5.78 Å². The van der Waals surface area contributed by atoms with Crippen molar-refractivity contribution < 1.29 is 22.0 Å². The molecule has 0 spiro atoms. The van der Waals surface area contributed by atoms with Crippen LogP contribution in [-0.2, 0) is 21.2 Å². The molecule has 9 heteroatoms. The summed E-state index contributed by atoms with van der Waals surface area (Å²) in [5, 5.41) is 0.0994. The average Bonchev–Trinajstić information content (AvgIpc) is 3.56. The van der Waals surface area contributed by atoms with E-state index in [4.69, 9.17) is 4.42 Å². The molecule has 1 aliphatic heterocycles. The van der Waals surface area contributed by atoms with Crippen molar-refractivity contribution in [1.29, 1.82) is 0 Å². The number of carbonyl (C=O) groups excluding carboxylic acids is 1. The predicted molar refractivity (Wildman–Crippen MR) is 140 cm³/mol. The van der Waals surface area contributed by atoms with Crippen molar-refractivity contribution in [2.75, 3.05) is 25.5 Å². The van der Waals surface area contributed by atoms with E-state index in [2.05, 4.69) is 11.1 Å². The van der Waals surface area contributed by atoms with Crippen LogP contribution in [0.1, 0.15) is 24.8 Å². The molecule has 0 N–H and O–H groups in total. The molecule has 0 amide bonds. The number of halogens is 1. The molecule has 37 heavy (non-hydrogen) atoms. The molecule has 1 atom stereocenters. The van der Waals surface area contributed by atoms with Gasteiger partial charge in [-0.3, -0.25) is 4.79 Å². The minimum atomic E-state index is -4.03. The lowest BCUT2D eigenvalue weighted by molar-refractivity contribution is -0.122. The number of sulfonamides is 1. The number of rotatable bonds is 8. The summed E-state index contributed by atoms with van der Waals surface area (Å²) in [5.41, 5.74) is 3.35. The van der Waals surface area contributed by atoms with Crippen LogP contribution in [0.4, 0.5) is 10.2 Å². The fourth-order valence-corrected chi connectivity index (χ4v) is 6.39. The molecule has 5 rings (SSSR count). The van der Waals surface area contributed by atoms with Gasteiger partial charge in [0.1, 0.15) is 17.2 Å². The molecule has 192 valence electrons. The van der Waals surface area contributed by atoms with E-state index in [1.54, 1.807) is 6.20 Å². The summed E-state index contributed by atoms with van der Waals surface area (Å²) in [6.07, 6.45) is 3.57. The number of hydrogen-bond donors (Lipinski definition) is 0. The zero-order chi connectivity index (χ0) is 26.2. The van der Waals surface area contributed by atoms with E-state index in [1.165, 1.54) is 28.6 Å². The number of hydrogen-bond acceptors (Lipinski definition) is 6. The Labute approximate surface area is 215 Å². The Morgan fingerprint density at radius 2 is 1.92 bits per heavy atom. The van der Waals surface area contributed by atoms with Crippen LogP contribution < -0.4 is 4.90 Å². The maximum Gasteiger partial charge on any atom is 0.277 e. The van der Waals surface area contributed by atoms with Gasteiger partial charge in [-0.05, 0) is 66.3 Å². The van der Waals surface area contributed by atoms with Gasteiger partial charge >= 0.3 is 0 Å². The number of Topliss-reactive ketones (excluding diaryl/α,β-unsaturated/α-hetero) is 1. The predicted octanol–water partition coefficient (Wildman–Crippen LogP) is 5.05. The molecule has 2 aromatic heterocycles. The molecule has 7 nitrogen and oxygen atoms in total. The first-order valence-electron chi connectivity index (χ1n) is 12.2. The van der Waals surface area contributed by atoms with Gasteiger partial charge in [-0.2, -0.15) is 4.31 Å². The van der Waals surface area contributed by atoms with E-state index in [0.717, 1.165) is 22.5 Å². The van der Waals surface area contributed by atoms with Crippen molar-refractivity contribution >= 4 is 32.6 Å². The normalized spacial score (nSPS) is 16.4. The molecule has 1 fully saturated rings. The Morgan fingerprint density at radius 3 is 2.73 bits per heavy atom. The molecule has 0 radical (unpaired) electrons. The molecule has 0 bridgehead atoms. The highest BCUT2D eigenvalue weighted by molar-refractivity contribution is 7.89. The maximum atomic E-state index is 13.6. The molecule has 3 heterocycles. The number of pyridine rings is 1. The zero-order valence-electron chi connectivity index (χ0n) is 20.7. The third kappa shape index (κ3) is 5.14. The second-order valence-electron chi connectivity index (χ2n) is 9.49. The van der Waals surface area contributed by atoms with E-state index in [9.17, 15) is 17.6 Å². The smallest absolute Gasteiger partial charge is 0.277 e.